The Labute approximate surface area is 165 Å². The molecular weight excluding hydrogens is 368 g/mol. The third-order valence-corrected chi connectivity index (χ3v) is 6.31. The van der Waals surface area contributed by atoms with Gasteiger partial charge < -0.3 is 10.6 Å². The lowest BCUT2D eigenvalue weighted by molar-refractivity contribution is -0.132. The van der Waals surface area contributed by atoms with Crippen molar-refractivity contribution in [2.75, 3.05) is 18.4 Å². The summed E-state index contributed by atoms with van der Waals surface area (Å²) in [5.74, 6) is 0.966. The number of likely N-dealkylation sites (tertiary alicyclic amines) is 1. The standard InChI is InChI=1S/C18H28N6O2.ClH/c19-16-13-6-5-12(9-13)15(16)17(26)21-18-20-11-24(22-18)10-14(25)23-7-3-1-2-4-8-23;/h11-13,15-16H,1-10,19H2,(H,21,22,26);1H. The number of fused-ring (bicyclic) bond motifs is 2. The van der Waals surface area contributed by atoms with Crippen molar-refractivity contribution >= 4 is 30.2 Å². The number of anilines is 1. The summed E-state index contributed by atoms with van der Waals surface area (Å²) in [7, 11) is 0. The predicted octanol–water partition coefficient (Wildman–Crippen LogP) is 1.41. The maximum absolute atomic E-state index is 12.6. The summed E-state index contributed by atoms with van der Waals surface area (Å²) in [5.41, 5.74) is 6.23. The number of hydrogen-bond acceptors (Lipinski definition) is 5. The topological polar surface area (TPSA) is 106 Å². The highest BCUT2D eigenvalue weighted by molar-refractivity contribution is 5.92. The van der Waals surface area contributed by atoms with E-state index in [2.05, 4.69) is 15.4 Å². The van der Waals surface area contributed by atoms with Gasteiger partial charge in [0.1, 0.15) is 12.9 Å². The zero-order chi connectivity index (χ0) is 18.1. The first-order valence-electron chi connectivity index (χ1n) is 9.85. The van der Waals surface area contributed by atoms with Gasteiger partial charge in [-0.1, -0.05) is 12.8 Å². The molecule has 150 valence electrons. The molecule has 1 saturated heterocycles. The molecule has 4 atom stereocenters. The van der Waals surface area contributed by atoms with Crippen LogP contribution in [-0.2, 0) is 16.1 Å². The van der Waals surface area contributed by atoms with Crippen LogP contribution in [0.2, 0.25) is 0 Å². The summed E-state index contributed by atoms with van der Waals surface area (Å²) in [6.45, 7) is 1.80. The number of halogens is 1. The molecule has 1 aliphatic heterocycles. The Morgan fingerprint density at radius 1 is 1.15 bits per heavy atom. The molecule has 3 fully saturated rings. The monoisotopic (exact) mass is 396 g/mol. The van der Waals surface area contributed by atoms with Crippen molar-refractivity contribution in [3.05, 3.63) is 6.33 Å². The van der Waals surface area contributed by atoms with Gasteiger partial charge in [0.2, 0.25) is 17.8 Å². The maximum Gasteiger partial charge on any atom is 0.248 e. The quantitative estimate of drug-likeness (QED) is 0.800. The lowest BCUT2D eigenvalue weighted by atomic mass is 9.84. The minimum absolute atomic E-state index is 0. The highest BCUT2D eigenvalue weighted by Crippen LogP contribution is 2.47. The van der Waals surface area contributed by atoms with Crippen LogP contribution in [0.1, 0.15) is 44.9 Å². The fourth-order valence-electron chi connectivity index (χ4n) is 4.91. The molecule has 0 radical (unpaired) electrons. The molecule has 4 rings (SSSR count). The lowest BCUT2D eigenvalue weighted by Crippen LogP contribution is -2.42. The third kappa shape index (κ3) is 4.27. The van der Waals surface area contributed by atoms with Crippen molar-refractivity contribution in [1.29, 1.82) is 0 Å². The minimum atomic E-state index is -0.139. The molecule has 4 unspecified atom stereocenters. The van der Waals surface area contributed by atoms with Crippen LogP contribution in [0.15, 0.2) is 6.33 Å². The van der Waals surface area contributed by atoms with Gasteiger partial charge in [0.25, 0.3) is 0 Å². The van der Waals surface area contributed by atoms with Gasteiger partial charge in [0.05, 0.1) is 5.92 Å². The van der Waals surface area contributed by atoms with Crippen LogP contribution in [0.25, 0.3) is 0 Å². The summed E-state index contributed by atoms with van der Waals surface area (Å²) >= 11 is 0. The SMILES string of the molecule is Cl.NC1C2CCC(C2)C1C(=O)Nc1ncn(CC(=O)N2CCCCCC2)n1. The fraction of sp³-hybridized carbons (Fsp3) is 0.778. The van der Waals surface area contributed by atoms with Crippen molar-refractivity contribution in [1.82, 2.24) is 19.7 Å². The Hall–Kier alpha value is -1.67. The molecule has 9 heteroatoms. The van der Waals surface area contributed by atoms with Crippen molar-refractivity contribution in [3.63, 3.8) is 0 Å². The van der Waals surface area contributed by atoms with Gasteiger partial charge in [-0.2, -0.15) is 0 Å². The van der Waals surface area contributed by atoms with Gasteiger partial charge in [-0.25, -0.2) is 9.67 Å². The Bertz CT molecular complexity index is 671. The van der Waals surface area contributed by atoms with Crippen LogP contribution in [0.5, 0.6) is 0 Å². The van der Waals surface area contributed by atoms with E-state index in [0.717, 1.165) is 45.2 Å². The molecule has 2 bridgehead atoms. The number of rotatable bonds is 4. The number of nitrogens with two attached hydrogens (primary N) is 1. The number of aromatic nitrogens is 3. The molecule has 2 amide bonds. The molecule has 2 heterocycles. The van der Waals surface area contributed by atoms with Crippen LogP contribution in [-0.4, -0.2) is 50.6 Å². The summed E-state index contributed by atoms with van der Waals surface area (Å²) in [6, 6.07) is -0.0551. The molecule has 8 nitrogen and oxygen atoms in total. The zero-order valence-electron chi connectivity index (χ0n) is 15.5. The Morgan fingerprint density at radius 2 is 1.85 bits per heavy atom. The minimum Gasteiger partial charge on any atom is -0.341 e. The van der Waals surface area contributed by atoms with Crippen LogP contribution in [0, 0.1) is 17.8 Å². The third-order valence-electron chi connectivity index (χ3n) is 6.31. The average molecular weight is 397 g/mol. The molecule has 3 N–H and O–H groups in total. The van der Waals surface area contributed by atoms with E-state index < -0.39 is 0 Å². The number of nitrogens with one attached hydrogen (secondary N) is 1. The average Bonchev–Trinajstić information content (AvgIpc) is 3.26. The van der Waals surface area contributed by atoms with Crippen molar-refractivity contribution in [2.45, 2.75) is 57.5 Å². The zero-order valence-corrected chi connectivity index (χ0v) is 16.4. The number of hydrogen-bond donors (Lipinski definition) is 2. The van der Waals surface area contributed by atoms with Crippen molar-refractivity contribution in [3.8, 4) is 0 Å². The second-order valence-electron chi connectivity index (χ2n) is 7.99. The van der Waals surface area contributed by atoms with Crippen molar-refractivity contribution in [2.24, 2.45) is 23.5 Å². The maximum atomic E-state index is 12.6. The van der Waals surface area contributed by atoms with E-state index in [1.807, 2.05) is 4.90 Å². The molecule has 1 aromatic rings. The number of amides is 2. The molecule has 2 saturated carbocycles. The number of carbonyl (C=O) groups excluding carboxylic acids is 2. The van der Waals surface area contributed by atoms with E-state index in [9.17, 15) is 9.59 Å². The summed E-state index contributed by atoms with van der Waals surface area (Å²) < 4.78 is 1.50. The van der Waals surface area contributed by atoms with Crippen LogP contribution < -0.4 is 11.1 Å². The fourth-order valence-corrected chi connectivity index (χ4v) is 4.91. The second kappa shape index (κ2) is 8.56. The molecule has 0 spiro atoms. The summed E-state index contributed by atoms with van der Waals surface area (Å²) in [6.07, 6.45) is 9.30. The molecule has 2 aliphatic carbocycles. The van der Waals surface area contributed by atoms with Crippen LogP contribution >= 0.6 is 12.4 Å². The normalized spacial score (nSPS) is 29.9. The van der Waals surface area contributed by atoms with Gasteiger partial charge >= 0.3 is 0 Å². The first-order valence-corrected chi connectivity index (χ1v) is 9.85. The second-order valence-corrected chi connectivity index (χ2v) is 7.99. The Balaban J connectivity index is 0.00000210. The van der Waals surface area contributed by atoms with E-state index in [-0.39, 0.29) is 48.7 Å². The van der Waals surface area contributed by atoms with E-state index >= 15 is 0 Å². The summed E-state index contributed by atoms with van der Waals surface area (Å²) in [5, 5.41) is 7.05. The van der Waals surface area contributed by atoms with E-state index in [1.165, 1.54) is 23.9 Å². The summed E-state index contributed by atoms with van der Waals surface area (Å²) in [4.78, 5) is 31.0. The van der Waals surface area contributed by atoms with E-state index in [1.54, 1.807) is 0 Å². The highest BCUT2D eigenvalue weighted by atomic mass is 35.5. The van der Waals surface area contributed by atoms with Crippen LogP contribution in [0.3, 0.4) is 0 Å². The van der Waals surface area contributed by atoms with Gasteiger partial charge in [-0.15, -0.1) is 17.5 Å². The number of carbonyl (C=O) groups is 2. The highest BCUT2D eigenvalue weighted by Gasteiger charge is 2.49. The number of nitrogens with zero attached hydrogens (tertiary/aromatic N) is 4. The predicted molar refractivity (Wildman–Crippen MR) is 103 cm³/mol. The smallest absolute Gasteiger partial charge is 0.248 e. The first-order chi connectivity index (χ1) is 12.6. The molecule has 0 aromatic carbocycles. The lowest BCUT2D eigenvalue weighted by Gasteiger charge is -2.26. The van der Waals surface area contributed by atoms with E-state index in [0.29, 0.717) is 11.8 Å². The Kier molecular flexibility index (Phi) is 6.37. The van der Waals surface area contributed by atoms with Gasteiger partial charge in [-0.05, 0) is 43.9 Å². The van der Waals surface area contributed by atoms with Gasteiger partial charge in [0.15, 0.2) is 0 Å². The molecular formula is C18H29ClN6O2. The van der Waals surface area contributed by atoms with E-state index in [4.69, 9.17) is 5.73 Å². The van der Waals surface area contributed by atoms with Crippen molar-refractivity contribution < 1.29 is 9.59 Å². The van der Waals surface area contributed by atoms with Crippen LogP contribution in [0.4, 0.5) is 5.95 Å². The largest absolute Gasteiger partial charge is 0.341 e. The first kappa shape index (κ1) is 20.1. The molecule has 27 heavy (non-hydrogen) atoms. The Morgan fingerprint density at radius 3 is 2.52 bits per heavy atom. The van der Waals surface area contributed by atoms with Gasteiger partial charge in [0, 0.05) is 19.1 Å². The van der Waals surface area contributed by atoms with Gasteiger partial charge in [-0.3, -0.25) is 14.9 Å². The molecule has 1 aromatic heterocycles. The molecule has 3 aliphatic rings.